The first kappa shape index (κ1) is 13.8. The summed E-state index contributed by atoms with van der Waals surface area (Å²) >= 11 is 0. The fraction of sp³-hybridized carbons (Fsp3) is 0.375. The zero-order chi connectivity index (χ0) is 14.2. The number of nitrogens with one attached hydrogen (secondary N) is 1. The van der Waals surface area contributed by atoms with Crippen molar-refractivity contribution in [3.05, 3.63) is 57.8 Å². The highest BCUT2D eigenvalue weighted by Gasteiger charge is 2.21. The lowest BCUT2D eigenvalue weighted by Crippen LogP contribution is -2.20. The van der Waals surface area contributed by atoms with Crippen LogP contribution in [0.2, 0.25) is 0 Å². The predicted molar refractivity (Wildman–Crippen MR) is 75.0 cm³/mol. The normalized spacial score (nSPS) is 12.7. The Morgan fingerprint density at radius 2 is 1.63 bits per heavy atom. The Morgan fingerprint density at radius 1 is 1.05 bits per heavy atom. The third-order valence-electron chi connectivity index (χ3n) is 3.53. The van der Waals surface area contributed by atoms with Gasteiger partial charge in [0.05, 0.1) is 6.04 Å². The second kappa shape index (κ2) is 5.17. The van der Waals surface area contributed by atoms with Gasteiger partial charge in [0.2, 0.25) is 0 Å². The van der Waals surface area contributed by atoms with E-state index in [0.29, 0.717) is 0 Å². The van der Waals surface area contributed by atoms with Crippen LogP contribution in [0.4, 0.5) is 4.39 Å². The third kappa shape index (κ3) is 2.56. The molecular weight excluding hydrogens is 241 g/mol. The van der Waals surface area contributed by atoms with Gasteiger partial charge >= 0.3 is 0 Å². The van der Waals surface area contributed by atoms with Gasteiger partial charge in [-0.25, -0.2) is 4.39 Å². The van der Waals surface area contributed by atoms with Crippen LogP contribution in [-0.4, -0.2) is 7.05 Å². The number of furan rings is 1. The maximum atomic E-state index is 13.4. The van der Waals surface area contributed by atoms with Gasteiger partial charge in [0.1, 0.15) is 17.3 Å². The molecule has 0 saturated heterocycles. The average molecular weight is 261 g/mol. The van der Waals surface area contributed by atoms with Crippen molar-refractivity contribution in [1.82, 2.24) is 5.32 Å². The summed E-state index contributed by atoms with van der Waals surface area (Å²) in [5.74, 6) is 1.61. The van der Waals surface area contributed by atoms with Crippen molar-refractivity contribution in [2.24, 2.45) is 0 Å². The highest BCUT2D eigenvalue weighted by molar-refractivity contribution is 5.43. The monoisotopic (exact) mass is 261 g/mol. The highest BCUT2D eigenvalue weighted by atomic mass is 19.1. The topological polar surface area (TPSA) is 25.2 Å². The number of aryl methyl sites for hydroxylation is 4. The van der Waals surface area contributed by atoms with Gasteiger partial charge in [-0.2, -0.15) is 0 Å². The lowest BCUT2D eigenvalue weighted by atomic mass is 9.91. The van der Waals surface area contributed by atoms with Gasteiger partial charge in [0.25, 0.3) is 0 Å². The van der Waals surface area contributed by atoms with E-state index in [0.717, 1.165) is 33.8 Å². The number of hydrogen-bond acceptors (Lipinski definition) is 2. The van der Waals surface area contributed by atoms with Crippen LogP contribution in [0, 0.1) is 33.5 Å². The lowest BCUT2D eigenvalue weighted by molar-refractivity contribution is 0.496. The fourth-order valence-electron chi connectivity index (χ4n) is 2.77. The molecule has 102 valence electrons. The number of halogens is 1. The van der Waals surface area contributed by atoms with E-state index >= 15 is 0 Å². The Labute approximate surface area is 113 Å². The van der Waals surface area contributed by atoms with Crippen LogP contribution < -0.4 is 5.32 Å². The minimum atomic E-state index is -0.186. The molecule has 1 heterocycles. The quantitative estimate of drug-likeness (QED) is 0.904. The van der Waals surface area contributed by atoms with Crippen LogP contribution >= 0.6 is 0 Å². The van der Waals surface area contributed by atoms with Gasteiger partial charge in [-0.05, 0) is 69.6 Å². The van der Waals surface area contributed by atoms with Gasteiger partial charge in [-0.1, -0.05) is 0 Å². The summed E-state index contributed by atoms with van der Waals surface area (Å²) in [6, 6.07) is 5.22. The Kier molecular flexibility index (Phi) is 3.76. The molecule has 0 spiro atoms. The molecule has 2 rings (SSSR count). The van der Waals surface area contributed by atoms with E-state index in [1.807, 2.05) is 40.8 Å². The third-order valence-corrected chi connectivity index (χ3v) is 3.53. The molecule has 0 radical (unpaired) electrons. The smallest absolute Gasteiger partial charge is 0.123 e. The van der Waals surface area contributed by atoms with E-state index in [2.05, 4.69) is 5.32 Å². The molecule has 0 aliphatic heterocycles. The van der Waals surface area contributed by atoms with E-state index in [1.54, 1.807) is 12.1 Å². The SMILES string of the molecule is CNC(c1cc(C)oc1C)c1c(C)cc(F)cc1C. The van der Waals surface area contributed by atoms with E-state index in [4.69, 9.17) is 4.42 Å². The van der Waals surface area contributed by atoms with E-state index < -0.39 is 0 Å². The van der Waals surface area contributed by atoms with Crippen molar-refractivity contribution < 1.29 is 8.81 Å². The minimum Gasteiger partial charge on any atom is -0.466 e. The Balaban J connectivity index is 2.57. The summed E-state index contributed by atoms with van der Waals surface area (Å²) in [6.07, 6.45) is 0. The Bertz CT molecular complexity index is 578. The van der Waals surface area contributed by atoms with Crippen molar-refractivity contribution in [2.75, 3.05) is 7.05 Å². The summed E-state index contributed by atoms with van der Waals surface area (Å²) in [7, 11) is 1.91. The van der Waals surface area contributed by atoms with Crippen molar-refractivity contribution >= 4 is 0 Å². The van der Waals surface area contributed by atoms with Crippen molar-refractivity contribution in [3.63, 3.8) is 0 Å². The average Bonchev–Trinajstić information content (AvgIpc) is 2.62. The second-order valence-electron chi connectivity index (χ2n) is 5.04. The molecule has 3 heteroatoms. The highest BCUT2D eigenvalue weighted by Crippen LogP contribution is 2.31. The van der Waals surface area contributed by atoms with E-state index in [-0.39, 0.29) is 11.9 Å². The van der Waals surface area contributed by atoms with Gasteiger partial charge in [-0.3, -0.25) is 0 Å². The lowest BCUT2D eigenvalue weighted by Gasteiger charge is -2.21. The molecule has 19 heavy (non-hydrogen) atoms. The molecule has 0 bridgehead atoms. The maximum Gasteiger partial charge on any atom is 0.123 e. The molecule has 0 amide bonds. The fourth-order valence-corrected chi connectivity index (χ4v) is 2.77. The van der Waals surface area contributed by atoms with Crippen LogP contribution in [0.15, 0.2) is 22.6 Å². The second-order valence-corrected chi connectivity index (χ2v) is 5.04. The molecule has 1 unspecified atom stereocenters. The van der Waals surface area contributed by atoms with Crippen LogP contribution in [-0.2, 0) is 0 Å². The molecule has 2 nitrogen and oxygen atoms in total. The van der Waals surface area contributed by atoms with Crippen molar-refractivity contribution in [3.8, 4) is 0 Å². The molecule has 1 aromatic carbocycles. The zero-order valence-electron chi connectivity index (χ0n) is 12.1. The van der Waals surface area contributed by atoms with Gasteiger partial charge in [-0.15, -0.1) is 0 Å². The molecule has 0 aliphatic rings. The molecule has 1 atom stereocenters. The Morgan fingerprint density at radius 3 is 2.05 bits per heavy atom. The van der Waals surface area contributed by atoms with Crippen LogP contribution in [0.25, 0.3) is 0 Å². The maximum absolute atomic E-state index is 13.4. The van der Waals surface area contributed by atoms with Gasteiger partial charge in [0.15, 0.2) is 0 Å². The summed E-state index contributed by atoms with van der Waals surface area (Å²) in [4.78, 5) is 0. The summed E-state index contributed by atoms with van der Waals surface area (Å²) in [5, 5.41) is 3.31. The summed E-state index contributed by atoms with van der Waals surface area (Å²) < 4.78 is 19.0. The van der Waals surface area contributed by atoms with Gasteiger partial charge < -0.3 is 9.73 Å². The largest absolute Gasteiger partial charge is 0.466 e. The summed E-state index contributed by atoms with van der Waals surface area (Å²) in [6.45, 7) is 7.78. The molecule has 2 aromatic rings. The number of benzene rings is 1. The first-order valence-corrected chi connectivity index (χ1v) is 6.45. The first-order valence-electron chi connectivity index (χ1n) is 6.45. The zero-order valence-corrected chi connectivity index (χ0v) is 12.1. The van der Waals surface area contributed by atoms with Crippen LogP contribution in [0.5, 0.6) is 0 Å². The van der Waals surface area contributed by atoms with Crippen LogP contribution in [0.1, 0.15) is 39.8 Å². The molecular formula is C16H20FNO. The molecule has 0 fully saturated rings. The molecule has 1 aromatic heterocycles. The number of rotatable bonds is 3. The Hall–Kier alpha value is -1.61. The number of hydrogen-bond donors (Lipinski definition) is 1. The van der Waals surface area contributed by atoms with Crippen molar-refractivity contribution in [2.45, 2.75) is 33.7 Å². The predicted octanol–water partition coefficient (Wildman–Crippen LogP) is 3.96. The van der Waals surface area contributed by atoms with Crippen LogP contribution in [0.3, 0.4) is 0 Å². The molecule has 1 N–H and O–H groups in total. The first-order chi connectivity index (χ1) is 8.93. The van der Waals surface area contributed by atoms with E-state index in [9.17, 15) is 4.39 Å². The van der Waals surface area contributed by atoms with Gasteiger partial charge in [0, 0.05) is 5.56 Å². The van der Waals surface area contributed by atoms with E-state index in [1.165, 1.54) is 0 Å². The van der Waals surface area contributed by atoms with Crippen molar-refractivity contribution in [1.29, 1.82) is 0 Å². The molecule has 0 aliphatic carbocycles. The molecule has 0 saturated carbocycles. The standard InChI is InChI=1S/C16H20FNO/c1-9-6-13(17)7-10(2)15(9)16(18-5)14-8-11(3)19-12(14)4/h6-8,16,18H,1-5H3. The summed E-state index contributed by atoms with van der Waals surface area (Å²) in [5.41, 5.74) is 4.14. The minimum absolute atomic E-state index is 0.0260.